The minimum atomic E-state index is -2.05. The van der Waals surface area contributed by atoms with Gasteiger partial charge in [-0.2, -0.15) is 0 Å². The maximum atomic E-state index is 14.8. The van der Waals surface area contributed by atoms with Crippen molar-refractivity contribution >= 4 is 23.7 Å². The number of hydrogen-bond acceptors (Lipinski definition) is 13. The summed E-state index contributed by atoms with van der Waals surface area (Å²) >= 11 is 0. The van der Waals surface area contributed by atoms with Crippen LogP contribution < -0.4 is 0 Å². The van der Waals surface area contributed by atoms with Gasteiger partial charge in [0.1, 0.15) is 36.6 Å². The van der Waals surface area contributed by atoms with Gasteiger partial charge in [-0.05, 0) is 110 Å². The van der Waals surface area contributed by atoms with E-state index in [0.717, 1.165) is 37.7 Å². The molecule has 8 N–H and O–H groups in total. The highest BCUT2D eigenvalue weighted by Crippen LogP contribution is 2.75. The summed E-state index contributed by atoms with van der Waals surface area (Å²) in [4.78, 5) is 51.3. The normalized spacial score (nSPS) is 52.6. The highest BCUT2D eigenvalue weighted by molar-refractivity contribution is 5.95. The van der Waals surface area contributed by atoms with E-state index in [1.807, 2.05) is 26.8 Å². The molecule has 0 aromatic rings. The Labute approximate surface area is 337 Å². The first-order valence-corrected chi connectivity index (χ1v) is 20.7. The molecule has 58 heavy (non-hydrogen) atoms. The van der Waals surface area contributed by atoms with Crippen LogP contribution in [0.1, 0.15) is 106 Å². The molecule has 0 radical (unpaired) electrons. The molecular weight excluding hydrogens is 760 g/mol. The van der Waals surface area contributed by atoms with E-state index in [0.29, 0.717) is 25.7 Å². The standard InChI is InChI=1S/C42H62O16/c1-37(2)21-8-11-42(7)31(20(43)16-18-19-17-39(4,36(53)54)13-12-38(19,3)14-15-41(18,42)6)40(21,5)10-9-22(37)55-35-30(26(47)25(46)29(57-35)33(51)52)58-34-27(48)23(44)24(45)28(56-34)32(49)50/h16,19,21-31,34-35,44-48H,8-15,17H2,1-7H3,(H,49,50)(H,51,52)(H,53,54)/t19-,21?,22-,23-,24-,25-,26-,27+,28-,29-,30+,31?,34?,35+,38+,39?,40-,41+,42+/m0/s1. The molecule has 2 aliphatic heterocycles. The fourth-order valence-electron chi connectivity index (χ4n) is 13.4. The second-order valence-corrected chi connectivity index (χ2v) is 20.6. The van der Waals surface area contributed by atoms with Crippen molar-refractivity contribution in [2.24, 2.45) is 50.2 Å². The number of carboxylic acids is 3. The molecule has 2 heterocycles. The predicted octanol–water partition coefficient (Wildman–Crippen LogP) is 2.25. The SMILES string of the molecule is CC1(C(=O)O)CC[C@]2(C)CC[C@]3(C)C(=CC(=O)C4[C@@]5(C)CC[C@H](O[C@@H]6O[C@H](C(=O)O)[C@@H](O)[C@H](O)[C@H]6OC6O[C@H](C(=O)O)[C@@H](O)[C@H](O)[C@H]6O)C(C)(C)C5CC[C@]43C)[C@@H]2C1. The summed E-state index contributed by atoms with van der Waals surface area (Å²) in [5, 5.41) is 83.0. The molecule has 4 saturated carbocycles. The largest absolute Gasteiger partial charge is 0.481 e. The van der Waals surface area contributed by atoms with Crippen molar-refractivity contribution in [2.45, 2.75) is 174 Å². The number of ketones is 1. The highest BCUT2D eigenvalue weighted by atomic mass is 16.8. The van der Waals surface area contributed by atoms with Crippen molar-refractivity contribution in [1.29, 1.82) is 0 Å². The molecule has 16 heteroatoms. The lowest BCUT2D eigenvalue weighted by Crippen LogP contribution is -2.68. The summed E-state index contributed by atoms with van der Waals surface area (Å²) < 4.78 is 23.4. The van der Waals surface area contributed by atoms with Gasteiger partial charge in [0.2, 0.25) is 0 Å². The van der Waals surface area contributed by atoms with Gasteiger partial charge < -0.3 is 59.8 Å². The van der Waals surface area contributed by atoms with E-state index in [4.69, 9.17) is 18.9 Å². The average molecular weight is 823 g/mol. The zero-order valence-corrected chi connectivity index (χ0v) is 34.4. The van der Waals surface area contributed by atoms with E-state index in [-0.39, 0.29) is 34.4 Å². The van der Waals surface area contributed by atoms with Crippen LogP contribution in [0.25, 0.3) is 0 Å². The zero-order valence-electron chi connectivity index (χ0n) is 34.4. The number of aliphatic carboxylic acids is 3. The van der Waals surface area contributed by atoms with Gasteiger partial charge in [0.15, 0.2) is 30.6 Å². The summed E-state index contributed by atoms with van der Waals surface area (Å²) in [6.07, 6.45) is -12.2. The van der Waals surface area contributed by atoms with Crippen LogP contribution in [0.3, 0.4) is 0 Å². The summed E-state index contributed by atoms with van der Waals surface area (Å²) in [7, 11) is 0. The van der Waals surface area contributed by atoms with Crippen LogP contribution in [0.15, 0.2) is 11.6 Å². The number of aliphatic hydroxyl groups is 5. The molecule has 0 aromatic heterocycles. The number of carbonyl (C=O) groups is 4. The molecule has 7 rings (SSSR count). The monoisotopic (exact) mass is 822 g/mol. The van der Waals surface area contributed by atoms with Gasteiger partial charge in [0, 0.05) is 5.92 Å². The first-order chi connectivity index (χ1) is 26.8. The molecule has 7 aliphatic rings. The Morgan fingerprint density at radius 1 is 0.690 bits per heavy atom. The second-order valence-electron chi connectivity index (χ2n) is 20.6. The Morgan fingerprint density at radius 2 is 1.28 bits per heavy atom. The highest BCUT2D eigenvalue weighted by Gasteiger charge is 2.71. The Bertz CT molecular complexity index is 1730. The average Bonchev–Trinajstić information content (AvgIpc) is 3.13. The molecule has 6 fully saturated rings. The van der Waals surface area contributed by atoms with Gasteiger partial charge >= 0.3 is 17.9 Å². The first-order valence-electron chi connectivity index (χ1n) is 20.7. The number of carbonyl (C=O) groups excluding carboxylic acids is 1. The second kappa shape index (κ2) is 14.3. The summed E-state index contributed by atoms with van der Waals surface area (Å²) in [5.74, 6) is -4.47. The molecule has 0 aromatic carbocycles. The fraction of sp³-hybridized carbons (Fsp3) is 0.857. The topological polar surface area (TPSA) is 267 Å². The number of fused-ring (bicyclic) bond motifs is 7. The van der Waals surface area contributed by atoms with Crippen LogP contribution in [-0.4, -0.2) is 132 Å². The van der Waals surface area contributed by atoms with Gasteiger partial charge in [-0.25, -0.2) is 9.59 Å². The number of hydrogen-bond donors (Lipinski definition) is 8. The Morgan fingerprint density at radius 3 is 1.88 bits per heavy atom. The third-order valence-electron chi connectivity index (χ3n) is 17.2. The molecule has 326 valence electrons. The van der Waals surface area contributed by atoms with Gasteiger partial charge in [0.25, 0.3) is 0 Å². The molecule has 16 nitrogen and oxygen atoms in total. The van der Waals surface area contributed by atoms with E-state index in [9.17, 15) is 60.0 Å². The van der Waals surface area contributed by atoms with E-state index >= 15 is 0 Å². The molecule has 0 amide bonds. The maximum absolute atomic E-state index is 14.8. The van der Waals surface area contributed by atoms with Crippen LogP contribution in [-0.2, 0) is 38.1 Å². The minimum absolute atomic E-state index is 0.0217. The quantitative estimate of drug-likeness (QED) is 0.171. The Balaban J connectivity index is 1.17. The zero-order chi connectivity index (χ0) is 42.9. The number of ether oxygens (including phenoxy) is 4. The van der Waals surface area contributed by atoms with Crippen molar-refractivity contribution in [3.8, 4) is 0 Å². The number of carboxylic acid groups (broad SMARTS) is 3. The summed E-state index contributed by atoms with van der Waals surface area (Å²) in [6, 6.07) is 0. The molecule has 2 saturated heterocycles. The third kappa shape index (κ3) is 6.25. The van der Waals surface area contributed by atoms with Crippen LogP contribution in [0.4, 0.5) is 0 Å². The van der Waals surface area contributed by atoms with Crippen molar-refractivity contribution in [3.63, 3.8) is 0 Å². The van der Waals surface area contributed by atoms with Crippen LogP contribution in [0.5, 0.6) is 0 Å². The number of aliphatic hydroxyl groups excluding tert-OH is 5. The lowest BCUT2D eigenvalue weighted by Gasteiger charge is -2.70. The molecule has 19 atom stereocenters. The van der Waals surface area contributed by atoms with Crippen LogP contribution in [0.2, 0.25) is 0 Å². The van der Waals surface area contributed by atoms with E-state index in [2.05, 4.69) is 27.7 Å². The van der Waals surface area contributed by atoms with Crippen molar-refractivity contribution in [1.82, 2.24) is 0 Å². The van der Waals surface area contributed by atoms with Crippen LogP contribution in [0, 0.1) is 50.2 Å². The van der Waals surface area contributed by atoms with E-state index < -0.39 is 107 Å². The maximum Gasteiger partial charge on any atom is 0.335 e. The number of rotatable bonds is 7. The van der Waals surface area contributed by atoms with Gasteiger partial charge in [0.05, 0.1) is 11.5 Å². The van der Waals surface area contributed by atoms with Crippen molar-refractivity contribution in [3.05, 3.63) is 11.6 Å². The summed E-state index contributed by atoms with van der Waals surface area (Å²) in [5.41, 5.74) is -1.81. The smallest absolute Gasteiger partial charge is 0.335 e. The molecule has 5 aliphatic carbocycles. The lowest BCUT2D eigenvalue weighted by atomic mass is 9.33. The first kappa shape index (κ1) is 43.5. The Hall–Kier alpha value is -2.54. The van der Waals surface area contributed by atoms with Crippen molar-refractivity contribution < 1.29 is 79.0 Å². The van der Waals surface area contributed by atoms with E-state index in [1.54, 1.807) is 0 Å². The summed E-state index contributed by atoms with van der Waals surface area (Å²) in [6.45, 7) is 14.8. The Kier molecular flexibility index (Phi) is 10.7. The molecule has 0 bridgehead atoms. The third-order valence-corrected chi connectivity index (χ3v) is 17.2. The molecule has 0 spiro atoms. The molecule has 4 unspecified atom stereocenters. The minimum Gasteiger partial charge on any atom is -0.481 e. The van der Waals surface area contributed by atoms with E-state index in [1.165, 1.54) is 0 Å². The predicted molar refractivity (Wildman–Crippen MR) is 199 cm³/mol. The number of allylic oxidation sites excluding steroid dienone is 2. The molecular formula is C42H62O16. The van der Waals surface area contributed by atoms with Gasteiger partial charge in [-0.3, -0.25) is 9.59 Å². The lowest BCUT2D eigenvalue weighted by molar-refractivity contribution is -0.371. The van der Waals surface area contributed by atoms with Gasteiger partial charge in [-0.15, -0.1) is 0 Å². The fourth-order valence-corrected chi connectivity index (χ4v) is 13.4. The van der Waals surface area contributed by atoms with Gasteiger partial charge in [-0.1, -0.05) is 47.1 Å². The van der Waals surface area contributed by atoms with Crippen molar-refractivity contribution in [2.75, 3.05) is 0 Å². The van der Waals surface area contributed by atoms with Crippen LogP contribution >= 0.6 is 0 Å².